The number of thiazole rings is 1. The molecule has 0 saturated heterocycles. The molecule has 2 rings (SSSR count). The highest BCUT2D eigenvalue weighted by Gasteiger charge is 2.06. The van der Waals surface area contributed by atoms with E-state index in [0.717, 1.165) is 4.88 Å². The molecule has 0 fully saturated rings. The zero-order valence-corrected chi connectivity index (χ0v) is 12.9. The molecule has 2 aromatic rings. The number of anilines is 1. The highest BCUT2D eigenvalue weighted by molar-refractivity contribution is 7.15. The first kappa shape index (κ1) is 15.3. The Morgan fingerprint density at radius 1 is 1.33 bits per heavy atom. The molecule has 1 heterocycles. The van der Waals surface area contributed by atoms with Crippen LogP contribution < -0.4 is 14.8 Å². The van der Waals surface area contributed by atoms with Crippen LogP contribution in [0.25, 0.3) is 0 Å². The summed E-state index contributed by atoms with van der Waals surface area (Å²) in [6.07, 6.45) is 2.77. The van der Waals surface area contributed by atoms with Crippen molar-refractivity contribution in [3.05, 3.63) is 35.3 Å². The van der Waals surface area contributed by atoms with Crippen molar-refractivity contribution in [2.75, 3.05) is 19.0 Å². The van der Waals surface area contributed by atoms with E-state index in [-0.39, 0.29) is 5.91 Å². The van der Waals surface area contributed by atoms with Gasteiger partial charge in [-0.15, -0.1) is 11.3 Å². The van der Waals surface area contributed by atoms with Crippen LogP contribution in [-0.2, 0) is 4.79 Å². The van der Waals surface area contributed by atoms with E-state index in [9.17, 15) is 4.79 Å². The van der Waals surface area contributed by atoms with E-state index in [1.165, 1.54) is 11.3 Å². The SMILES string of the molecule is COc1ccccc1OCCCC(=O)Nc1ncc(C)s1. The molecule has 1 aromatic carbocycles. The fourth-order valence-electron chi connectivity index (χ4n) is 1.75. The van der Waals surface area contributed by atoms with Crippen LogP contribution in [0, 0.1) is 6.92 Å². The zero-order valence-electron chi connectivity index (χ0n) is 12.1. The molecule has 0 bridgehead atoms. The zero-order chi connectivity index (χ0) is 15.1. The summed E-state index contributed by atoms with van der Waals surface area (Å²) >= 11 is 1.47. The standard InChI is InChI=1S/C15H18N2O3S/c1-11-10-16-15(21-11)17-14(18)8-5-9-20-13-7-4-3-6-12(13)19-2/h3-4,6-7,10H,5,8-9H2,1-2H3,(H,16,17,18). The Labute approximate surface area is 127 Å². The molecule has 0 atom stereocenters. The van der Waals surface area contributed by atoms with Crippen LogP contribution in [0.4, 0.5) is 5.13 Å². The molecular weight excluding hydrogens is 288 g/mol. The molecule has 0 spiro atoms. The largest absolute Gasteiger partial charge is 0.493 e. The predicted molar refractivity (Wildman–Crippen MR) is 83.2 cm³/mol. The molecule has 6 heteroatoms. The molecule has 0 aliphatic carbocycles. The molecule has 0 unspecified atom stereocenters. The van der Waals surface area contributed by atoms with Gasteiger partial charge in [-0.2, -0.15) is 0 Å². The topological polar surface area (TPSA) is 60.5 Å². The molecule has 112 valence electrons. The van der Waals surface area contributed by atoms with Crippen molar-refractivity contribution in [1.29, 1.82) is 0 Å². The Morgan fingerprint density at radius 2 is 2.10 bits per heavy atom. The lowest BCUT2D eigenvalue weighted by Crippen LogP contribution is -2.12. The van der Waals surface area contributed by atoms with Gasteiger partial charge in [0.2, 0.25) is 5.91 Å². The molecule has 0 aliphatic heterocycles. The second-order valence-electron chi connectivity index (χ2n) is 4.43. The third kappa shape index (κ3) is 4.75. The van der Waals surface area contributed by atoms with Gasteiger partial charge in [-0.25, -0.2) is 4.98 Å². The van der Waals surface area contributed by atoms with Gasteiger partial charge in [-0.3, -0.25) is 4.79 Å². The first-order valence-corrected chi connectivity index (χ1v) is 7.49. The van der Waals surface area contributed by atoms with E-state index in [1.54, 1.807) is 13.3 Å². The number of aromatic nitrogens is 1. The van der Waals surface area contributed by atoms with Crippen molar-refractivity contribution in [3.8, 4) is 11.5 Å². The number of aryl methyl sites for hydroxylation is 1. The average Bonchev–Trinajstić information content (AvgIpc) is 2.89. The van der Waals surface area contributed by atoms with Gasteiger partial charge in [-0.1, -0.05) is 12.1 Å². The minimum absolute atomic E-state index is 0.0482. The number of amides is 1. The minimum Gasteiger partial charge on any atom is -0.493 e. The summed E-state index contributed by atoms with van der Waals surface area (Å²) in [6, 6.07) is 7.45. The number of nitrogens with one attached hydrogen (secondary N) is 1. The van der Waals surface area contributed by atoms with Gasteiger partial charge in [0.05, 0.1) is 13.7 Å². The number of ether oxygens (including phenoxy) is 2. The normalized spacial score (nSPS) is 10.2. The smallest absolute Gasteiger partial charge is 0.226 e. The number of carbonyl (C=O) groups is 1. The lowest BCUT2D eigenvalue weighted by molar-refractivity contribution is -0.116. The van der Waals surface area contributed by atoms with E-state index in [1.807, 2.05) is 31.2 Å². The summed E-state index contributed by atoms with van der Waals surface area (Å²) in [5.74, 6) is 1.34. The summed E-state index contributed by atoms with van der Waals surface area (Å²) in [7, 11) is 1.60. The van der Waals surface area contributed by atoms with Gasteiger partial charge in [0.1, 0.15) is 0 Å². The molecule has 5 nitrogen and oxygen atoms in total. The maximum Gasteiger partial charge on any atom is 0.226 e. The fraction of sp³-hybridized carbons (Fsp3) is 0.333. The third-order valence-corrected chi connectivity index (χ3v) is 3.57. The maximum atomic E-state index is 11.7. The maximum absolute atomic E-state index is 11.7. The Balaban J connectivity index is 1.71. The first-order valence-electron chi connectivity index (χ1n) is 6.67. The number of hydrogen-bond acceptors (Lipinski definition) is 5. The van der Waals surface area contributed by atoms with Crippen molar-refractivity contribution < 1.29 is 14.3 Å². The summed E-state index contributed by atoms with van der Waals surface area (Å²) in [5, 5.41) is 3.41. The highest BCUT2D eigenvalue weighted by atomic mass is 32.1. The van der Waals surface area contributed by atoms with Crippen molar-refractivity contribution in [2.45, 2.75) is 19.8 Å². The Bertz CT molecular complexity index is 598. The molecule has 1 aromatic heterocycles. The van der Waals surface area contributed by atoms with Crippen LogP contribution in [0.3, 0.4) is 0 Å². The summed E-state index contributed by atoms with van der Waals surface area (Å²) in [6.45, 7) is 2.42. The molecule has 0 saturated carbocycles. The van der Waals surface area contributed by atoms with Crippen molar-refractivity contribution in [1.82, 2.24) is 4.98 Å². The number of methoxy groups -OCH3 is 1. The van der Waals surface area contributed by atoms with Crippen LogP contribution >= 0.6 is 11.3 Å². The lowest BCUT2D eigenvalue weighted by atomic mass is 10.3. The summed E-state index contributed by atoms with van der Waals surface area (Å²) in [4.78, 5) is 16.9. The predicted octanol–water partition coefficient (Wildman–Crippen LogP) is 3.26. The first-order chi connectivity index (χ1) is 10.2. The van der Waals surface area contributed by atoms with Crippen molar-refractivity contribution >= 4 is 22.4 Å². The molecule has 1 N–H and O–H groups in total. The number of carbonyl (C=O) groups excluding carboxylic acids is 1. The third-order valence-electron chi connectivity index (χ3n) is 2.74. The number of hydrogen-bond donors (Lipinski definition) is 1. The fourth-order valence-corrected chi connectivity index (χ4v) is 2.43. The minimum atomic E-state index is -0.0482. The molecule has 1 amide bonds. The van der Waals surface area contributed by atoms with Gasteiger partial charge in [0.25, 0.3) is 0 Å². The van der Waals surface area contributed by atoms with E-state index < -0.39 is 0 Å². The number of benzene rings is 1. The van der Waals surface area contributed by atoms with Crippen LogP contribution in [0.5, 0.6) is 11.5 Å². The molecule has 21 heavy (non-hydrogen) atoms. The molecular formula is C15H18N2O3S. The van der Waals surface area contributed by atoms with Gasteiger partial charge in [0, 0.05) is 17.5 Å². The quantitative estimate of drug-likeness (QED) is 0.798. The van der Waals surface area contributed by atoms with Crippen LogP contribution in [-0.4, -0.2) is 24.6 Å². The summed E-state index contributed by atoms with van der Waals surface area (Å²) < 4.78 is 10.8. The van der Waals surface area contributed by atoms with Gasteiger partial charge >= 0.3 is 0 Å². The molecule has 0 radical (unpaired) electrons. The van der Waals surface area contributed by atoms with E-state index >= 15 is 0 Å². The highest BCUT2D eigenvalue weighted by Crippen LogP contribution is 2.25. The van der Waals surface area contributed by atoms with Crippen LogP contribution in [0.15, 0.2) is 30.5 Å². The summed E-state index contributed by atoms with van der Waals surface area (Å²) in [5.41, 5.74) is 0. The average molecular weight is 306 g/mol. The van der Waals surface area contributed by atoms with Gasteiger partial charge in [-0.05, 0) is 25.5 Å². The lowest BCUT2D eigenvalue weighted by Gasteiger charge is -2.09. The monoisotopic (exact) mass is 306 g/mol. The van der Waals surface area contributed by atoms with E-state index in [0.29, 0.717) is 36.1 Å². The van der Waals surface area contributed by atoms with Gasteiger partial charge < -0.3 is 14.8 Å². The van der Waals surface area contributed by atoms with E-state index in [2.05, 4.69) is 10.3 Å². The number of nitrogens with zero attached hydrogens (tertiary/aromatic N) is 1. The Morgan fingerprint density at radius 3 is 2.76 bits per heavy atom. The van der Waals surface area contributed by atoms with Gasteiger partial charge in [0.15, 0.2) is 16.6 Å². The van der Waals surface area contributed by atoms with Crippen molar-refractivity contribution in [3.63, 3.8) is 0 Å². The number of para-hydroxylation sites is 2. The second-order valence-corrected chi connectivity index (χ2v) is 5.66. The van der Waals surface area contributed by atoms with Crippen LogP contribution in [0.1, 0.15) is 17.7 Å². The Kier molecular flexibility index (Phi) is 5.57. The van der Waals surface area contributed by atoms with Crippen LogP contribution in [0.2, 0.25) is 0 Å². The van der Waals surface area contributed by atoms with E-state index in [4.69, 9.17) is 9.47 Å². The molecule has 0 aliphatic rings. The second kappa shape index (κ2) is 7.64. The Hall–Kier alpha value is -2.08. The number of rotatable bonds is 7. The van der Waals surface area contributed by atoms with Crippen molar-refractivity contribution in [2.24, 2.45) is 0 Å².